The molecule has 1 saturated heterocycles. The number of para-hydroxylation sites is 1. The van der Waals surface area contributed by atoms with E-state index in [-0.39, 0.29) is 36.5 Å². The molecule has 1 atom stereocenters. The number of aliphatic hydroxyl groups is 1. The van der Waals surface area contributed by atoms with Gasteiger partial charge in [0.1, 0.15) is 17.4 Å². The number of aliphatic hydroxyl groups excluding tert-OH is 1. The topological polar surface area (TPSA) is 83.9 Å². The maximum atomic E-state index is 12.4. The van der Waals surface area contributed by atoms with Crippen LogP contribution in [0.1, 0.15) is 38.2 Å². The zero-order valence-electron chi connectivity index (χ0n) is 14.2. The Hall–Kier alpha value is -2.63. The van der Waals surface area contributed by atoms with E-state index in [2.05, 4.69) is 0 Å². The molecule has 1 fully saturated rings. The third-order valence-electron chi connectivity index (χ3n) is 4.55. The normalized spacial score (nSPS) is 21.8. The van der Waals surface area contributed by atoms with Crippen LogP contribution in [0.15, 0.2) is 35.6 Å². The fourth-order valence-corrected chi connectivity index (χ4v) is 3.30. The van der Waals surface area contributed by atoms with Crippen LogP contribution in [-0.2, 0) is 25.5 Å². The minimum Gasteiger partial charge on any atom is -0.511 e. The summed E-state index contributed by atoms with van der Waals surface area (Å²) in [5, 5.41) is 10.1. The molecule has 1 amide bonds. The lowest BCUT2D eigenvalue weighted by Crippen LogP contribution is -2.31. The van der Waals surface area contributed by atoms with Gasteiger partial charge in [-0.25, -0.2) is 4.79 Å². The van der Waals surface area contributed by atoms with Gasteiger partial charge in [0.05, 0.1) is 0 Å². The Kier molecular flexibility index (Phi) is 4.88. The second kappa shape index (κ2) is 7.09. The number of carbonyl (C=O) groups is 3. The molecule has 2 heterocycles. The van der Waals surface area contributed by atoms with Gasteiger partial charge in [-0.05, 0) is 31.4 Å². The first-order chi connectivity index (χ1) is 12.0. The van der Waals surface area contributed by atoms with Crippen molar-refractivity contribution < 1.29 is 24.2 Å². The second-order valence-corrected chi connectivity index (χ2v) is 6.44. The van der Waals surface area contributed by atoms with E-state index in [0.29, 0.717) is 13.0 Å². The van der Waals surface area contributed by atoms with Gasteiger partial charge in [-0.3, -0.25) is 9.59 Å². The third kappa shape index (κ3) is 3.57. The maximum absolute atomic E-state index is 12.4. The highest BCUT2D eigenvalue weighted by Crippen LogP contribution is 2.28. The first-order valence-corrected chi connectivity index (χ1v) is 8.52. The van der Waals surface area contributed by atoms with Crippen molar-refractivity contribution in [1.29, 1.82) is 0 Å². The second-order valence-electron chi connectivity index (χ2n) is 6.44. The lowest BCUT2D eigenvalue weighted by atomic mass is 9.99. The molecule has 0 aromatic heterocycles. The smallest absolute Gasteiger partial charge is 0.345 e. The molecule has 1 aromatic rings. The Bertz CT molecular complexity index is 732. The van der Waals surface area contributed by atoms with Crippen molar-refractivity contribution >= 4 is 23.3 Å². The van der Waals surface area contributed by atoms with E-state index in [1.54, 1.807) is 11.8 Å². The van der Waals surface area contributed by atoms with Gasteiger partial charge in [-0.15, -0.1) is 0 Å². The Morgan fingerprint density at radius 3 is 2.80 bits per heavy atom. The van der Waals surface area contributed by atoms with E-state index < -0.39 is 17.9 Å². The van der Waals surface area contributed by atoms with Crippen LogP contribution >= 0.6 is 0 Å². The zero-order chi connectivity index (χ0) is 18.0. The van der Waals surface area contributed by atoms with Gasteiger partial charge < -0.3 is 14.7 Å². The number of hydrogen-bond acceptors (Lipinski definition) is 5. The van der Waals surface area contributed by atoms with Crippen molar-refractivity contribution in [2.45, 2.75) is 45.1 Å². The standard InChI is InChI=1S/C19H21NO5/c1-12-11-16(22)18(19(24)25-12)15(21)7-4-8-17(23)20-10-9-13-5-2-3-6-14(13)20/h2-3,5-6,12,21H,4,7-11H2,1H3/b18-15+/t12-/m1/s1. The number of carbonyl (C=O) groups excluding carboxylic acids is 3. The van der Waals surface area contributed by atoms with Crippen LogP contribution in [0.3, 0.4) is 0 Å². The number of benzene rings is 1. The molecule has 6 heteroatoms. The highest BCUT2D eigenvalue weighted by atomic mass is 16.5. The van der Waals surface area contributed by atoms with Gasteiger partial charge >= 0.3 is 5.97 Å². The summed E-state index contributed by atoms with van der Waals surface area (Å²) in [7, 11) is 0. The number of cyclic esters (lactones) is 1. The van der Waals surface area contributed by atoms with Crippen LogP contribution in [0, 0.1) is 0 Å². The number of anilines is 1. The molecule has 1 N–H and O–H groups in total. The molecular formula is C19H21NO5. The molecule has 0 radical (unpaired) electrons. The van der Waals surface area contributed by atoms with Crippen LogP contribution in [0.5, 0.6) is 0 Å². The van der Waals surface area contributed by atoms with Gasteiger partial charge in [0.2, 0.25) is 5.91 Å². The maximum Gasteiger partial charge on any atom is 0.345 e. The molecule has 2 aliphatic heterocycles. The van der Waals surface area contributed by atoms with Crippen molar-refractivity contribution in [2.75, 3.05) is 11.4 Å². The molecular weight excluding hydrogens is 322 g/mol. The number of amides is 1. The summed E-state index contributed by atoms with van der Waals surface area (Å²) in [4.78, 5) is 37.8. The van der Waals surface area contributed by atoms with Crippen molar-refractivity contribution in [3.63, 3.8) is 0 Å². The number of ketones is 1. The molecule has 132 valence electrons. The van der Waals surface area contributed by atoms with Gasteiger partial charge in [0, 0.05) is 31.5 Å². The minimum atomic E-state index is -0.777. The van der Waals surface area contributed by atoms with Crippen LogP contribution in [-0.4, -0.2) is 35.4 Å². The van der Waals surface area contributed by atoms with Gasteiger partial charge in [0.25, 0.3) is 0 Å². The van der Waals surface area contributed by atoms with Crippen LogP contribution < -0.4 is 4.90 Å². The van der Waals surface area contributed by atoms with Gasteiger partial charge in [-0.1, -0.05) is 18.2 Å². The van der Waals surface area contributed by atoms with E-state index in [1.165, 1.54) is 0 Å². The summed E-state index contributed by atoms with van der Waals surface area (Å²) in [6.07, 6.45) is 1.16. The summed E-state index contributed by atoms with van der Waals surface area (Å²) in [6, 6.07) is 7.80. The molecule has 0 unspecified atom stereocenters. The quantitative estimate of drug-likeness (QED) is 0.393. The Labute approximate surface area is 146 Å². The average molecular weight is 343 g/mol. The zero-order valence-corrected chi connectivity index (χ0v) is 14.2. The summed E-state index contributed by atoms with van der Waals surface area (Å²) in [5.41, 5.74) is 1.83. The van der Waals surface area contributed by atoms with Crippen molar-refractivity contribution in [1.82, 2.24) is 0 Å². The molecule has 25 heavy (non-hydrogen) atoms. The highest BCUT2D eigenvalue weighted by molar-refractivity contribution is 6.19. The number of Topliss-reactive ketones (excluding diaryl/α,β-unsaturated/α-hetero) is 1. The van der Waals surface area contributed by atoms with E-state index in [4.69, 9.17) is 4.74 Å². The molecule has 0 spiro atoms. The fraction of sp³-hybridized carbons (Fsp3) is 0.421. The van der Waals surface area contributed by atoms with Crippen LogP contribution in [0.2, 0.25) is 0 Å². The number of nitrogens with zero attached hydrogens (tertiary/aromatic N) is 1. The predicted octanol–water partition coefficient (Wildman–Crippen LogP) is 2.46. The molecule has 3 rings (SSSR count). The number of ether oxygens (including phenoxy) is 1. The average Bonchev–Trinajstić information content (AvgIpc) is 2.97. The predicted molar refractivity (Wildman–Crippen MR) is 91.2 cm³/mol. The molecule has 0 saturated carbocycles. The Balaban J connectivity index is 1.58. The molecule has 1 aromatic carbocycles. The lowest BCUT2D eigenvalue weighted by molar-refractivity contribution is -0.150. The monoisotopic (exact) mass is 343 g/mol. The first-order valence-electron chi connectivity index (χ1n) is 8.52. The van der Waals surface area contributed by atoms with Crippen molar-refractivity contribution in [2.24, 2.45) is 0 Å². The molecule has 2 aliphatic rings. The van der Waals surface area contributed by atoms with E-state index >= 15 is 0 Å². The minimum absolute atomic E-state index is 0.0195. The summed E-state index contributed by atoms with van der Waals surface area (Å²) in [5.74, 6) is -1.48. The number of fused-ring (bicyclic) bond motifs is 1. The summed E-state index contributed by atoms with van der Waals surface area (Å²) < 4.78 is 4.99. The third-order valence-corrected chi connectivity index (χ3v) is 4.55. The van der Waals surface area contributed by atoms with E-state index in [0.717, 1.165) is 17.7 Å². The summed E-state index contributed by atoms with van der Waals surface area (Å²) >= 11 is 0. The van der Waals surface area contributed by atoms with Crippen molar-refractivity contribution in [3.8, 4) is 0 Å². The number of allylic oxidation sites excluding steroid dienone is 1. The fourth-order valence-electron chi connectivity index (χ4n) is 3.30. The Morgan fingerprint density at radius 2 is 2.04 bits per heavy atom. The molecule has 0 bridgehead atoms. The van der Waals surface area contributed by atoms with Crippen LogP contribution in [0.4, 0.5) is 5.69 Å². The molecule has 0 aliphatic carbocycles. The lowest BCUT2D eigenvalue weighted by Gasteiger charge is -2.20. The van der Waals surface area contributed by atoms with Crippen molar-refractivity contribution in [3.05, 3.63) is 41.2 Å². The highest BCUT2D eigenvalue weighted by Gasteiger charge is 2.32. The SMILES string of the molecule is C[C@@H]1CC(=O)/C(=C(\O)CCCC(=O)N2CCc3ccccc32)C(=O)O1. The van der Waals surface area contributed by atoms with E-state index in [9.17, 15) is 19.5 Å². The van der Waals surface area contributed by atoms with E-state index in [1.807, 2.05) is 24.3 Å². The van der Waals surface area contributed by atoms with Gasteiger partial charge in [-0.2, -0.15) is 0 Å². The number of esters is 1. The largest absolute Gasteiger partial charge is 0.511 e. The number of rotatable bonds is 4. The number of hydrogen-bond donors (Lipinski definition) is 1. The van der Waals surface area contributed by atoms with Crippen LogP contribution in [0.25, 0.3) is 0 Å². The molecule has 6 nitrogen and oxygen atoms in total. The first kappa shape index (κ1) is 17.2. The van der Waals surface area contributed by atoms with Gasteiger partial charge in [0.15, 0.2) is 5.78 Å². The Morgan fingerprint density at radius 1 is 1.28 bits per heavy atom. The summed E-state index contributed by atoms with van der Waals surface area (Å²) in [6.45, 7) is 2.30.